The summed E-state index contributed by atoms with van der Waals surface area (Å²) < 4.78 is 2.07. The van der Waals surface area contributed by atoms with Gasteiger partial charge in [0.1, 0.15) is 0 Å². The van der Waals surface area contributed by atoms with Crippen molar-refractivity contribution in [3.05, 3.63) is 186 Å². The second kappa shape index (κ2) is 12.1. The number of rotatable bonds is 5. The fourth-order valence-corrected chi connectivity index (χ4v) is 7.30. The summed E-state index contributed by atoms with van der Waals surface area (Å²) in [5.74, 6) is -0.770. The van der Waals surface area contributed by atoms with Gasteiger partial charge in [-0.1, -0.05) is 103 Å². The number of anilines is 1. The van der Waals surface area contributed by atoms with Crippen LogP contribution in [0.1, 0.15) is 26.3 Å². The van der Waals surface area contributed by atoms with Crippen LogP contribution in [0, 0.1) is 17.9 Å². The first-order valence-corrected chi connectivity index (χ1v) is 16.8. The lowest BCUT2D eigenvalue weighted by atomic mass is 10.0. The number of carbonyl (C=O) groups is 2. The summed E-state index contributed by atoms with van der Waals surface area (Å²) >= 11 is 0. The molecule has 0 bridgehead atoms. The van der Waals surface area contributed by atoms with Gasteiger partial charge >= 0.3 is 0 Å². The van der Waals surface area contributed by atoms with Crippen molar-refractivity contribution in [2.75, 3.05) is 4.90 Å². The van der Waals surface area contributed by atoms with Gasteiger partial charge in [0.05, 0.1) is 51.7 Å². The first kappa shape index (κ1) is 30.5. The molecule has 6 heteroatoms. The molecule has 0 N–H and O–H groups in total. The Labute approximate surface area is 299 Å². The normalized spacial score (nSPS) is 12.2. The molecule has 2 amide bonds. The van der Waals surface area contributed by atoms with Crippen molar-refractivity contribution in [2.45, 2.75) is 0 Å². The Kier molecular flexibility index (Phi) is 7.10. The molecule has 2 heterocycles. The highest BCUT2D eigenvalue weighted by Gasteiger charge is 2.39. The fraction of sp³-hybridized carbons (Fsp3) is 0. The Morgan fingerprint density at radius 1 is 0.538 bits per heavy atom. The van der Waals surface area contributed by atoms with Crippen molar-refractivity contribution in [1.82, 2.24) is 4.57 Å². The molecular formula is C46H26N4O2. The minimum atomic E-state index is -0.394. The van der Waals surface area contributed by atoms with Gasteiger partial charge in [-0.3, -0.25) is 9.59 Å². The minimum Gasteiger partial charge on any atom is -0.308 e. The summed E-state index contributed by atoms with van der Waals surface area (Å²) in [6, 6.07) is 52.4. The number of hydrogen-bond donors (Lipinski definition) is 0. The van der Waals surface area contributed by atoms with Crippen LogP contribution in [0.4, 0.5) is 11.4 Å². The SMILES string of the molecule is [C-]#[N+]c1cccc(-c2ccc3c4ccc(-c5cccc(C#N)c5)cc4n(-c4cccc5c4C(=O)N(c4cccc(-c6ccccc6)c4)C5=O)c3c2)c1. The molecule has 52 heavy (non-hydrogen) atoms. The highest BCUT2D eigenvalue weighted by molar-refractivity contribution is 6.36. The molecule has 1 aromatic heterocycles. The molecule has 8 aromatic rings. The molecule has 242 valence electrons. The van der Waals surface area contributed by atoms with Crippen LogP contribution >= 0.6 is 0 Å². The number of nitriles is 1. The highest BCUT2D eigenvalue weighted by atomic mass is 16.2. The number of aromatic nitrogens is 1. The van der Waals surface area contributed by atoms with E-state index in [9.17, 15) is 14.9 Å². The Bertz CT molecular complexity index is 2760. The van der Waals surface area contributed by atoms with Crippen molar-refractivity contribution in [3.8, 4) is 45.1 Å². The average Bonchev–Trinajstić information content (AvgIpc) is 3.67. The monoisotopic (exact) mass is 666 g/mol. The Morgan fingerprint density at radius 3 is 1.83 bits per heavy atom. The molecule has 9 rings (SSSR count). The van der Waals surface area contributed by atoms with Crippen molar-refractivity contribution in [3.63, 3.8) is 0 Å². The zero-order chi connectivity index (χ0) is 35.3. The van der Waals surface area contributed by atoms with Crippen LogP contribution in [0.15, 0.2) is 158 Å². The molecule has 1 aliphatic heterocycles. The largest absolute Gasteiger partial charge is 0.308 e. The maximum Gasteiger partial charge on any atom is 0.268 e. The van der Waals surface area contributed by atoms with Gasteiger partial charge in [-0.05, 0) is 88.0 Å². The van der Waals surface area contributed by atoms with Crippen LogP contribution in [0.25, 0.3) is 65.7 Å². The maximum absolute atomic E-state index is 14.6. The van der Waals surface area contributed by atoms with Gasteiger partial charge in [0.2, 0.25) is 0 Å². The van der Waals surface area contributed by atoms with E-state index >= 15 is 0 Å². The number of carbonyl (C=O) groups excluding carboxylic acids is 2. The zero-order valence-electron chi connectivity index (χ0n) is 27.6. The molecule has 0 radical (unpaired) electrons. The van der Waals surface area contributed by atoms with E-state index < -0.39 is 5.91 Å². The summed E-state index contributed by atoms with van der Waals surface area (Å²) in [5.41, 5.74) is 10.1. The number of benzene rings is 7. The number of hydrogen-bond acceptors (Lipinski definition) is 3. The predicted molar refractivity (Wildman–Crippen MR) is 206 cm³/mol. The molecule has 0 saturated carbocycles. The second-order valence-corrected chi connectivity index (χ2v) is 12.7. The Balaban J connectivity index is 1.27. The van der Waals surface area contributed by atoms with E-state index in [4.69, 9.17) is 6.57 Å². The molecule has 0 spiro atoms. The number of amides is 2. The van der Waals surface area contributed by atoms with Crippen LogP contribution in [-0.4, -0.2) is 16.4 Å². The van der Waals surface area contributed by atoms with E-state index in [0.717, 1.165) is 55.2 Å². The van der Waals surface area contributed by atoms with Crippen LogP contribution in [0.3, 0.4) is 0 Å². The van der Waals surface area contributed by atoms with E-state index in [0.29, 0.717) is 33.8 Å². The molecule has 0 aliphatic carbocycles. The molecule has 7 aromatic carbocycles. The van der Waals surface area contributed by atoms with Gasteiger partial charge in [-0.2, -0.15) is 5.26 Å². The number of nitrogens with zero attached hydrogens (tertiary/aromatic N) is 4. The van der Waals surface area contributed by atoms with Gasteiger partial charge in [-0.15, -0.1) is 0 Å². The molecule has 0 atom stereocenters. The molecule has 6 nitrogen and oxygen atoms in total. The first-order valence-electron chi connectivity index (χ1n) is 16.8. The highest BCUT2D eigenvalue weighted by Crippen LogP contribution is 2.41. The molecular weight excluding hydrogens is 641 g/mol. The first-order chi connectivity index (χ1) is 25.5. The molecule has 0 saturated heterocycles. The average molecular weight is 667 g/mol. The standard InChI is InChI=1S/C46H26N4O2/c1-48-36-15-6-13-32(24-36)35-20-22-39-38-21-19-34(31-12-5-9-29(23-31)28-47)26-42(38)50(43(39)27-35)41-18-8-17-40-44(41)46(52)49(45(40)51)37-16-7-14-33(25-37)30-10-3-2-4-11-30/h2-27H. The summed E-state index contributed by atoms with van der Waals surface area (Å²) in [7, 11) is 0. The van der Waals surface area contributed by atoms with Gasteiger partial charge in [0.15, 0.2) is 5.69 Å². The molecule has 1 aliphatic rings. The third kappa shape index (κ3) is 4.87. The summed E-state index contributed by atoms with van der Waals surface area (Å²) in [5, 5.41) is 11.5. The van der Waals surface area contributed by atoms with Gasteiger partial charge < -0.3 is 4.57 Å². The van der Waals surface area contributed by atoms with Crippen LogP contribution < -0.4 is 4.90 Å². The van der Waals surface area contributed by atoms with Crippen LogP contribution in [-0.2, 0) is 0 Å². The van der Waals surface area contributed by atoms with E-state index in [1.54, 1.807) is 24.3 Å². The lowest BCUT2D eigenvalue weighted by Crippen LogP contribution is -2.29. The van der Waals surface area contributed by atoms with Gasteiger partial charge in [0, 0.05) is 10.8 Å². The second-order valence-electron chi connectivity index (χ2n) is 12.7. The van der Waals surface area contributed by atoms with E-state index in [-0.39, 0.29) is 5.91 Å². The molecule has 0 unspecified atom stereocenters. The molecule has 0 fully saturated rings. The topological polar surface area (TPSA) is 70.5 Å². The van der Waals surface area contributed by atoms with Crippen molar-refractivity contribution in [1.29, 1.82) is 5.26 Å². The van der Waals surface area contributed by atoms with Gasteiger partial charge in [0.25, 0.3) is 11.8 Å². The Hall–Kier alpha value is -7.54. The smallest absolute Gasteiger partial charge is 0.268 e. The van der Waals surface area contributed by atoms with Gasteiger partial charge in [-0.25, -0.2) is 9.74 Å². The summed E-state index contributed by atoms with van der Waals surface area (Å²) in [6.45, 7) is 7.55. The van der Waals surface area contributed by atoms with E-state index in [1.165, 1.54) is 4.90 Å². The third-order valence-corrected chi connectivity index (χ3v) is 9.75. The maximum atomic E-state index is 14.6. The van der Waals surface area contributed by atoms with E-state index in [2.05, 4.69) is 39.7 Å². The zero-order valence-corrected chi connectivity index (χ0v) is 27.6. The quantitative estimate of drug-likeness (QED) is 0.136. The number of imide groups is 1. The Morgan fingerprint density at radius 2 is 1.13 bits per heavy atom. The minimum absolute atomic E-state index is 0.328. The van der Waals surface area contributed by atoms with Crippen molar-refractivity contribution in [2.24, 2.45) is 0 Å². The van der Waals surface area contributed by atoms with E-state index in [1.807, 2.05) is 109 Å². The van der Waals surface area contributed by atoms with Crippen LogP contribution in [0.5, 0.6) is 0 Å². The lowest BCUT2D eigenvalue weighted by Gasteiger charge is -2.16. The van der Waals surface area contributed by atoms with Crippen molar-refractivity contribution >= 4 is 45.0 Å². The number of fused-ring (bicyclic) bond motifs is 4. The fourth-order valence-electron chi connectivity index (χ4n) is 7.30. The summed E-state index contributed by atoms with van der Waals surface area (Å²) in [4.78, 5) is 33.6. The third-order valence-electron chi connectivity index (χ3n) is 9.75. The predicted octanol–water partition coefficient (Wildman–Crippen LogP) is 11.0. The van der Waals surface area contributed by atoms with Crippen LogP contribution in [0.2, 0.25) is 0 Å². The van der Waals surface area contributed by atoms with Crippen molar-refractivity contribution < 1.29 is 9.59 Å². The lowest BCUT2D eigenvalue weighted by molar-refractivity contribution is 0.0926. The summed E-state index contributed by atoms with van der Waals surface area (Å²) in [6.07, 6.45) is 0.